The maximum absolute atomic E-state index is 13.1. The molecule has 4 atom stereocenters. The molecule has 8 heteroatoms. The second-order valence-corrected chi connectivity index (χ2v) is 11.1. The van der Waals surface area contributed by atoms with Crippen molar-refractivity contribution in [3.63, 3.8) is 0 Å². The van der Waals surface area contributed by atoms with Crippen LogP contribution in [0.15, 0.2) is 54.6 Å². The van der Waals surface area contributed by atoms with E-state index in [1.165, 1.54) is 11.1 Å². The molecule has 2 aromatic carbocycles. The SMILES string of the molecule is O=C1C[C@@H](c2ccccc2)N(SI)[C@H]2C[C@@H](c3cccc(Cl)c3)N(SI)C[C@@H]12. The highest BCUT2D eigenvalue weighted by Gasteiger charge is 2.48. The predicted molar refractivity (Wildman–Crippen MR) is 137 cm³/mol. The molecular formula is C20H19ClI2N2OS2. The molecule has 2 heterocycles. The molecule has 0 radical (unpaired) electrons. The minimum Gasteiger partial charge on any atom is -0.299 e. The minimum absolute atomic E-state index is 0.0555. The fraction of sp³-hybridized carbons (Fsp3) is 0.350. The van der Waals surface area contributed by atoms with Gasteiger partial charge in [0.05, 0.1) is 6.04 Å². The van der Waals surface area contributed by atoms with Gasteiger partial charge in [-0.1, -0.05) is 54.1 Å². The number of carbonyl (C=O) groups excluding carboxylic acids is 1. The number of ketones is 1. The highest BCUT2D eigenvalue weighted by Crippen LogP contribution is 2.50. The molecule has 0 aliphatic carbocycles. The van der Waals surface area contributed by atoms with E-state index in [9.17, 15) is 4.79 Å². The average molecular weight is 657 g/mol. The number of hydrogen-bond donors (Lipinski definition) is 0. The van der Waals surface area contributed by atoms with E-state index in [0.29, 0.717) is 12.2 Å². The fourth-order valence-corrected chi connectivity index (χ4v) is 8.70. The molecule has 28 heavy (non-hydrogen) atoms. The van der Waals surface area contributed by atoms with Crippen molar-refractivity contribution in [2.75, 3.05) is 6.54 Å². The number of rotatable bonds is 4. The Labute approximate surface area is 203 Å². The number of nitrogens with zero attached hydrogens (tertiary/aromatic N) is 2. The van der Waals surface area contributed by atoms with Crippen molar-refractivity contribution in [3.05, 3.63) is 70.7 Å². The predicted octanol–water partition coefficient (Wildman–Crippen LogP) is 7.08. The maximum Gasteiger partial charge on any atom is 0.140 e. The van der Waals surface area contributed by atoms with E-state index in [4.69, 9.17) is 11.6 Å². The van der Waals surface area contributed by atoms with E-state index in [2.05, 4.69) is 87.4 Å². The Morgan fingerprint density at radius 3 is 2.39 bits per heavy atom. The Balaban J connectivity index is 1.67. The van der Waals surface area contributed by atoms with Crippen molar-refractivity contribution in [1.29, 1.82) is 0 Å². The third-order valence-electron chi connectivity index (χ3n) is 5.68. The third-order valence-corrected chi connectivity index (χ3v) is 10.1. The van der Waals surface area contributed by atoms with Gasteiger partial charge in [0, 0.05) is 78.4 Å². The fourth-order valence-electron chi connectivity index (χ4n) is 4.35. The first-order valence-corrected chi connectivity index (χ1v) is 16.1. The van der Waals surface area contributed by atoms with Crippen LogP contribution in [-0.4, -0.2) is 27.0 Å². The summed E-state index contributed by atoms with van der Waals surface area (Å²) in [4.78, 5) is 13.1. The summed E-state index contributed by atoms with van der Waals surface area (Å²) in [6.07, 6.45) is 1.51. The average Bonchev–Trinajstić information content (AvgIpc) is 2.73. The Hall–Kier alpha value is 0.480. The van der Waals surface area contributed by atoms with Gasteiger partial charge in [-0.3, -0.25) is 4.79 Å². The highest BCUT2D eigenvalue weighted by atomic mass is 127. The molecule has 4 rings (SSSR count). The molecular weight excluding hydrogens is 638 g/mol. The minimum atomic E-state index is 0.0555. The van der Waals surface area contributed by atoms with Crippen molar-refractivity contribution in [2.24, 2.45) is 5.92 Å². The quantitative estimate of drug-likeness (QED) is 0.259. The van der Waals surface area contributed by atoms with E-state index < -0.39 is 0 Å². The molecule has 2 fully saturated rings. The first-order chi connectivity index (χ1) is 13.6. The topological polar surface area (TPSA) is 23.6 Å². The molecule has 2 saturated heterocycles. The Kier molecular flexibility index (Phi) is 7.55. The molecule has 0 amide bonds. The second-order valence-electron chi connectivity index (χ2n) is 7.17. The number of carbonyl (C=O) groups is 1. The van der Waals surface area contributed by atoms with Gasteiger partial charge in [0.1, 0.15) is 5.78 Å². The number of halogens is 3. The van der Waals surface area contributed by atoms with E-state index in [1.807, 2.05) is 18.2 Å². The van der Waals surface area contributed by atoms with E-state index in [0.717, 1.165) is 18.0 Å². The zero-order valence-electron chi connectivity index (χ0n) is 14.9. The molecule has 2 aliphatic heterocycles. The Morgan fingerprint density at radius 2 is 1.71 bits per heavy atom. The molecule has 0 aromatic heterocycles. The lowest BCUT2D eigenvalue weighted by Gasteiger charge is -2.50. The number of Topliss-reactive ketones (excluding diaryl/α,β-unsaturated/α-hetero) is 1. The van der Waals surface area contributed by atoms with Crippen molar-refractivity contribution >= 4 is 78.0 Å². The Bertz CT molecular complexity index is 844. The molecule has 0 bridgehead atoms. The summed E-state index contributed by atoms with van der Waals surface area (Å²) in [6, 6.07) is 19.2. The largest absolute Gasteiger partial charge is 0.299 e. The third kappa shape index (κ3) is 4.40. The van der Waals surface area contributed by atoms with E-state index in [-0.39, 0.29) is 24.0 Å². The second kappa shape index (κ2) is 9.74. The van der Waals surface area contributed by atoms with Gasteiger partial charge in [0.25, 0.3) is 0 Å². The van der Waals surface area contributed by atoms with Crippen LogP contribution in [0.25, 0.3) is 0 Å². The summed E-state index contributed by atoms with van der Waals surface area (Å²) in [6.45, 7) is 0.781. The first kappa shape index (κ1) is 21.7. The molecule has 0 spiro atoms. The van der Waals surface area contributed by atoms with Crippen LogP contribution in [0.1, 0.15) is 36.1 Å². The van der Waals surface area contributed by atoms with Gasteiger partial charge in [-0.2, -0.15) is 0 Å². The van der Waals surface area contributed by atoms with Crippen molar-refractivity contribution < 1.29 is 4.79 Å². The zero-order valence-corrected chi connectivity index (χ0v) is 21.6. The standard InChI is InChI=1S/C20H19ClI2N2OS2/c21-15-8-4-7-14(9-15)17-10-19-16(12-24(17)27-22)20(26)11-18(25(19)28-23)13-5-2-1-3-6-13/h1-9,16-19H,10-12H2/t16-,17+,18+,19+/m1/s1. The van der Waals surface area contributed by atoms with Gasteiger partial charge in [-0.25, -0.2) is 8.61 Å². The number of hydrogen-bond acceptors (Lipinski definition) is 5. The van der Waals surface area contributed by atoms with Crippen LogP contribution in [0.5, 0.6) is 0 Å². The normalized spacial score (nSPS) is 28.9. The van der Waals surface area contributed by atoms with Gasteiger partial charge in [0.15, 0.2) is 0 Å². The summed E-state index contributed by atoms with van der Waals surface area (Å²) in [5.74, 6) is 0.445. The van der Waals surface area contributed by atoms with Crippen LogP contribution in [0.3, 0.4) is 0 Å². The lowest BCUT2D eigenvalue weighted by Crippen LogP contribution is -2.55. The first-order valence-electron chi connectivity index (χ1n) is 9.08. The molecule has 0 saturated carbocycles. The van der Waals surface area contributed by atoms with Crippen LogP contribution in [0.4, 0.5) is 0 Å². The number of fused-ring (bicyclic) bond motifs is 1. The smallest absolute Gasteiger partial charge is 0.140 e. The van der Waals surface area contributed by atoms with Crippen molar-refractivity contribution in [3.8, 4) is 0 Å². The maximum atomic E-state index is 13.1. The number of piperidine rings is 2. The molecule has 0 unspecified atom stereocenters. The molecule has 0 N–H and O–H groups in total. The van der Waals surface area contributed by atoms with Crippen LogP contribution in [0.2, 0.25) is 5.02 Å². The lowest BCUT2D eigenvalue weighted by atomic mass is 9.77. The van der Waals surface area contributed by atoms with E-state index >= 15 is 0 Å². The van der Waals surface area contributed by atoms with Gasteiger partial charge < -0.3 is 0 Å². The summed E-state index contributed by atoms with van der Waals surface area (Å²) >= 11 is 11.0. The summed E-state index contributed by atoms with van der Waals surface area (Å²) in [7, 11) is 3.44. The molecule has 148 valence electrons. The van der Waals surface area contributed by atoms with Gasteiger partial charge in [-0.15, -0.1) is 0 Å². The lowest BCUT2D eigenvalue weighted by molar-refractivity contribution is -0.131. The van der Waals surface area contributed by atoms with Gasteiger partial charge >= 0.3 is 0 Å². The molecule has 2 aromatic rings. The van der Waals surface area contributed by atoms with Crippen LogP contribution in [0, 0.1) is 5.92 Å². The van der Waals surface area contributed by atoms with Crippen LogP contribution >= 0.6 is 72.3 Å². The van der Waals surface area contributed by atoms with E-state index in [1.54, 1.807) is 18.2 Å². The number of benzene rings is 2. The molecule has 3 nitrogen and oxygen atoms in total. The van der Waals surface area contributed by atoms with Crippen molar-refractivity contribution in [2.45, 2.75) is 31.0 Å². The summed E-state index contributed by atoms with van der Waals surface area (Å²) in [5, 5.41) is 0.764. The van der Waals surface area contributed by atoms with Crippen molar-refractivity contribution in [1.82, 2.24) is 8.61 Å². The highest BCUT2D eigenvalue weighted by molar-refractivity contribution is 14.2. The van der Waals surface area contributed by atoms with Gasteiger partial charge in [-0.05, 0) is 47.9 Å². The van der Waals surface area contributed by atoms with Crippen LogP contribution < -0.4 is 0 Å². The zero-order chi connectivity index (χ0) is 19.7. The Morgan fingerprint density at radius 1 is 0.964 bits per heavy atom. The monoisotopic (exact) mass is 656 g/mol. The summed E-state index contributed by atoms with van der Waals surface area (Å²) in [5.41, 5.74) is 2.45. The van der Waals surface area contributed by atoms with Crippen LogP contribution in [-0.2, 0) is 4.79 Å². The summed E-state index contributed by atoms with van der Waals surface area (Å²) < 4.78 is 4.82. The van der Waals surface area contributed by atoms with Gasteiger partial charge in [0.2, 0.25) is 0 Å². The molecule has 2 aliphatic rings.